The number of carboxylic acids is 1. The number of carbonyl (C=O) groups is 1. The summed E-state index contributed by atoms with van der Waals surface area (Å²) in [4.78, 5) is 27.7. The van der Waals surface area contributed by atoms with E-state index >= 15 is 0 Å². The van der Waals surface area contributed by atoms with E-state index in [1.807, 2.05) is 38.1 Å². The number of nitrogens with one attached hydrogen (secondary N) is 1. The van der Waals surface area contributed by atoms with Crippen LogP contribution in [0.4, 0.5) is 11.6 Å². The monoisotopic (exact) mass is 349 g/mol. The molecular weight excluding hydrogens is 330 g/mol. The van der Waals surface area contributed by atoms with Crippen molar-refractivity contribution >= 4 is 17.6 Å². The fourth-order valence-corrected chi connectivity index (χ4v) is 2.51. The zero-order chi connectivity index (χ0) is 18.5. The molecule has 0 fully saturated rings. The van der Waals surface area contributed by atoms with E-state index in [2.05, 4.69) is 25.3 Å². The molecule has 0 aliphatic heterocycles. The Morgan fingerprint density at radius 2 is 1.85 bits per heavy atom. The predicted octanol–water partition coefficient (Wildman–Crippen LogP) is 3.31. The lowest BCUT2D eigenvalue weighted by atomic mass is 10.1. The van der Waals surface area contributed by atoms with Crippen LogP contribution < -0.4 is 5.32 Å². The number of aliphatic carboxylic acids is 1. The molecule has 0 atom stereocenters. The second-order valence-corrected chi connectivity index (χ2v) is 6.02. The van der Waals surface area contributed by atoms with Crippen molar-refractivity contribution in [3.8, 4) is 11.1 Å². The van der Waals surface area contributed by atoms with E-state index in [1.54, 1.807) is 18.6 Å². The molecule has 2 N–H and O–H groups in total. The standard InChI is InChI=1S/C19H19N5O2/c1-12-7-14(15-10-21-17(22-11-15)3-4-18(25)26)9-16(8-12)24-19-20-6-5-13(2)23-19/h5-11H,3-4H2,1-2H3,(H,25,26)(H,20,23,24). The zero-order valence-electron chi connectivity index (χ0n) is 14.6. The molecule has 0 saturated carbocycles. The number of carboxylic acid groups (broad SMARTS) is 1. The predicted molar refractivity (Wildman–Crippen MR) is 98.2 cm³/mol. The van der Waals surface area contributed by atoms with Gasteiger partial charge in [-0.2, -0.15) is 0 Å². The second-order valence-electron chi connectivity index (χ2n) is 6.02. The highest BCUT2D eigenvalue weighted by Gasteiger charge is 2.06. The third-order valence-electron chi connectivity index (χ3n) is 3.73. The molecule has 2 aromatic heterocycles. The third kappa shape index (κ3) is 4.60. The summed E-state index contributed by atoms with van der Waals surface area (Å²) in [5, 5.41) is 11.9. The summed E-state index contributed by atoms with van der Waals surface area (Å²) in [6.07, 6.45) is 5.48. The molecule has 0 unspecified atom stereocenters. The van der Waals surface area contributed by atoms with Crippen LogP contribution in [0.5, 0.6) is 0 Å². The molecule has 3 aromatic rings. The molecule has 3 rings (SSSR count). The number of hydrogen-bond donors (Lipinski definition) is 2. The Hall–Kier alpha value is -3.35. The number of hydrogen-bond acceptors (Lipinski definition) is 6. The highest BCUT2D eigenvalue weighted by molar-refractivity contribution is 5.70. The van der Waals surface area contributed by atoms with Crippen LogP contribution in [0.1, 0.15) is 23.5 Å². The third-order valence-corrected chi connectivity index (χ3v) is 3.73. The number of rotatable bonds is 6. The summed E-state index contributed by atoms with van der Waals surface area (Å²) >= 11 is 0. The molecule has 7 nitrogen and oxygen atoms in total. The highest BCUT2D eigenvalue weighted by Crippen LogP contribution is 2.25. The van der Waals surface area contributed by atoms with Gasteiger partial charge in [0.05, 0.1) is 6.42 Å². The molecule has 1 aromatic carbocycles. The largest absolute Gasteiger partial charge is 0.481 e. The summed E-state index contributed by atoms with van der Waals surface area (Å²) in [5.41, 5.74) is 4.67. The van der Waals surface area contributed by atoms with Gasteiger partial charge in [-0.1, -0.05) is 6.07 Å². The summed E-state index contributed by atoms with van der Waals surface area (Å²) < 4.78 is 0. The Morgan fingerprint density at radius 3 is 2.54 bits per heavy atom. The van der Waals surface area contributed by atoms with E-state index < -0.39 is 5.97 Å². The smallest absolute Gasteiger partial charge is 0.303 e. The van der Waals surface area contributed by atoms with Gasteiger partial charge in [-0.25, -0.2) is 19.9 Å². The van der Waals surface area contributed by atoms with Gasteiger partial charge in [-0.05, 0) is 43.2 Å². The van der Waals surface area contributed by atoms with Gasteiger partial charge in [0.15, 0.2) is 0 Å². The molecular formula is C19H19N5O2. The summed E-state index contributed by atoms with van der Waals surface area (Å²) in [6.45, 7) is 3.92. The van der Waals surface area contributed by atoms with Crippen molar-refractivity contribution in [3.63, 3.8) is 0 Å². The maximum atomic E-state index is 10.6. The first-order valence-electron chi connectivity index (χ1n) is 8.21. The zero-order valence-corrected chi connectivity index (χ0v) is 14.6. The average molecular weight is 349 g/mol. The van der Waals surface area contributed by atoms with Crippen LogP contribution in [0.15, 0.2) is 42.9 Å². The number of nitrogens with zero attached hydrogens (tertiary/aromatic N) is 4. The summed E-state index contributed by atoms with van der Waals surface area (Å²) in [5.74, 6) is 0.211. The van der Waals surface area contributed by atoms with Gasteiger partial charge in [0.2, 0.25) is 5.95 Å². The molecule has 0 radical (unpaired) electrons. The van der Waals surface area contributed by atoms with Crippen molar-refractivity contribution in [1.29, 1.82) is 0 Å². The summed E-state index contributed by atoms with van der Waals surface area (Å²) in [6, 6.07) is 7.87. The topological polar surface area (TPSA) is 101 Å². The van der Waals surface area contributed by atoms with Crippen LogP contribution in [0, 0.1) is 13.8 Å². The molecule has 0 bridgehead atoms. The van der Waals surface area contributed by atoms with Crippen molar-refractivity contribution in [2.45, 2.75) is 26.7 Å². The molecule has 0 aliphatic carbocycles. The minimum atomic E-state index is -0.856. The van der Waals surface area contributed by atoms with Crippen molar-refractivity contribution < 1.29 is 9.90 Å². The van der Waals surface area contributed by atoms with Crippen molar-refractivity contribution in [1.82, 2.24) is 19.9 Å². The number of benzene rings is 1. The van der Waals surface area contributed by atoms with E-state index in [4.69, 9.17) is 5.11 Å². The summed E-state index contributed by atoms with van der Waals surface area (Å²) in [7, 11) is 0. The Kier molecular flexibility index (Phi) is 5.17. The van der Waals surface area contributed by atoms with Crippen LogP contribution in [0.2, 0.25) is 0 Å². The quantitative estimate of drug-likeness (QED) is 0.704. The molecule has 0 aliphatic rings. The molecule has 0 amide bonds. The van der Waals surface area contributed by atoms with Crippen molar-refractivity contribution in [2.75, 3.05) is 5.32 Å². The average Bonchev–Trinajstić information content (AvgIpc) is 2.60. The first-order valence-corrected chi connectivity index (χ1v) is 8.21. The van der Waals surface area contributed by atoms with E-state index in [-0.39, 0.29) is 6.42 Å². The SMILES string of the molecule is Cc1cc(Nc2nccc(C)n2)cc(-c2cnc(CCC(=O)O)nc2)c1. The fourth-order valence-electron chi connectivity index (χ4n) is 2.51. The lowest BCUT2D eigenvalue weighted by Gasteiger charge is -2.10. The number of aryl methyl sites for hydroxylation is 3. The van der Waals surface area contributed by atoms with E-state index in [9.17, 15) is 4.79 Å². The van der Waals surface area contributed by atoms with Gasteiger partial charge in [0.25, 0.3) is 0 Å². The number of aromatic nitrogens is 4. The molecule has 0 saturated heterocycles. The Balaban J connectivity index is 1.82. The molecule has 132 valence electrons. The minimum Gasteiger partial charge on any atom is -0.481 e. The highest BCUT2D eigenvalue weighted by atomic mass is 16.4. The molecule has 7 heteroatoms. The molecule has 2 heterocycles. The van der Waals surface area contributed by atoms with E-state index in [1.165, 1.54) is 0 Å². The van der Waals surface area contributed by atoms with Gasteiger partial charge in [-0.15, -0.1) is 0 Å². The minimum absolute atomic E-state index is 0.0222. The Bertz CT molecular complexity index is 925. The van der Waals surface area contributed by atoms with Crippen LogP contribution in [0.3, 0.4) is 0 Å². The first-order chi connectivity index (χ1) is 12.5. The fraction of sp³-hybridized carbons (Fsp3) is 0.211. The number of anilines is 2. The van der Waals surface area contributed by atoms with Gasteiger partial charge >= 0.3 is 5.97 Å². The van der Waals surface area contributed by atoms with Gasteiger partial charge in [0, 0.05) is 42.0 Å². The first kappa shape index (κ1) is 17.5. The maximum absolute atomic E-state index is 10.6. The Labute approximate surface area is 151 Å². The van der Waals surface area contributed by atoms with Crippen LogP contribution in [-0.4, -0.2) is 31.0 Å². The normalized spacial score (nSPS) is 10.5. The van der Waals surface area contributed by atoms with Crippen LogP contribution in [-0.2, 0) is 11.2 Å². The Morgan fingerprint density at radius 1 is 1.08 bits per heavy atom. The lowest BCUT2D eigenvalue weighted by Crippen LogP contribution is -2.01. The van der Waals surface area contributed by atoms with Crippen molar-refractivity contribution in [3.05, 3.63) is 59.9 Å². The van der Waals surface area contributed by atoms with Crippen LogP contribution in [0.25, 0.3) is 11.1 Å². The molecule has 0 spiro atoms. The molecule has 26 heavy (non-hydrogen) atoms. The van der Waals surface area contributed by atoms with Gasteiger partial charge < -0.3 is 10.4 Å². The van der Waals surface area contributed by atoms with Crippen LogP contribution >= 0.6 is 0 Å². The maximum Gasteiger partial charge on any atom is 0.303 e. The van der Waals surface area contributed by atoms with Crippen molar-refractivity contribution in [2.24, 2.45) is 0 Å². The van der Waals surface area contributed by atoms with E-state index in [0.29, 0.717) is 18.2 Å². The van der Waals surface area contributed by atoms with E-state index in [0.717, 1.165) is 28.1 Å². The second kappa shape index (κ2) is 7.69. The van der Waals surface area contributed by atoms with Gasteiger partial charge in [0.1, 0.15) is 5.82 Å². The van der Waals surface area contributed by atoms with Gasteiger partial charge in [-0.3, -0.25) is 4.79 Å². The lowest BCUT2D eigenvalue weighted by molar-refractivity contribution is -0.137.